The third-order valence-electron chi connectivity index (χ3n) is 4.35. The summed E-state index contributed by atoms with van der Waals surface area (Å²) in [5.74, 6) is -0.162. The van der Waals surface area contributed by atoms with Crippen molar-refractivity contribution in [1.29, 1.82) is 0 Å². The van der Waals surface area contributed by atoms with Crippen LogP contribution in [0.1, 0.15) is 11.1 Å². The first kappa shape index (κ1) is 20.8. The van der Waals surface area contributed by atoms with Crippen LogP contribution < -0.4 is 10.0 Å². The fourth-order valence-electron chi connectivity index (χ4n) is 2.95. The third kappa shape index (κ3) is 5.56. The zero-order chi connectivity index (χ0) is 21.7. The van der Waals surface area contributed by atoms with E-state index in [9.17, 15) is 13.2 Å². The molecule has 31 heavy (non-hydrogen) atoms. The number of sulfonamides is 1. The van der Waals surface area contributed by atoms with Gasteiger partial charge in [0.1, 0.15) is 16.9 Å². The van der Waals surface area contributed by atoms with E-state index in [0.717, 1.165) is 22.5 Å². The number of rotatable bonds is 8. The molecular formula is C21H19N5O3S2. The maximum atomic E-state index is 12.4. The van der Waals surface area contributed by atoms with Crippen LogP contribution in [0.4, 0.5) is 11.4 Å². The number of aromatic nitrogens is 3. The minimum Gasteiger partial charge on any atom is -0.326 e. The number of carbonyl (C=O) groups is 1. The summed E-state index contributed by atoms with van der Waals surface area (Å²) in [6, 6.07) is 17.5. The van der Waals surface area contributed by atoms with Gasteiger partial charge < -0.3 is 5.32 Å². The van der Waals surface area contributed by atoms with Crippen LogP contribution in [0.3, 0.4) is 0 Å². The second-order valence-corrected chi connectivity index (χ2v) is 9.61. The van der Waals surface area contributed by atoms with E-state index < -0.39 is 10.0 Å². The lowest BCUT2D eigenvalue weighted by Crippen LogP contribution is -2.15. The van der Waals surface area contributed by atoms with E-state index in [4.69, 9.17) is 0 Å². The molecule has 0 aliphatic carbocycles. The summed E-state index contributed by atoms with van der Waals surface area (Å²) < 4.78 is 29.1. The highest BCUT2D eigenvalue weighted by atomic mass is 32.2. The molecule has 0 aliphatic rings. The molecule has 0 atom stereocenters. The Morgan fingerprint density at radius 2 is 1.84 bits per heavy atom. The number of nitrogens with one attached hydrogen (secondary N) is 2. The van der Waals surface area contributed by atoms with Crippen molar-refractivity contribution in [2.75, 3.05) is 10.0 Å². The number of hydrogen-bond acceptors (Lipinski definition) is 6. The smallest absolute Gasteiger partial charge is 0.271 e. The molecule has 0 aliphatic heterocycles. The minimum atomic E-state index is -3.59. The fourth-order valence-corrected chi connectivity index (χ4v) is 5.00. The first-order valence-corrected chi connectivity index (χ1v) is 11.7. The predicted molar refractivity (Wildman–Crippen MR) is 119 cm³/mol. The molecule has 4 rings (SSSR count). The Bertz CT molecular complexity index is 1250. The molecule has 0 spiro atoms. The van der Waals surface area contributed by atoms with Crippen molar-refractivity contribution < 1.29 is 13.2 Å². The van der Waals surface area contributed by atoms with Crippen molar-refractivity contribution in [1.82, 2.24) is 14.8 Å². The Hall–Kier alpha value is -3.50. The van der Waals surface area contributed by atoms with Crippen LogP contribution >= 0.6 is 11.3 Å². The molecule has 2 N–H and O–H groups in total. The molecule has 2 heterocycles. The Morgan fingerprint density at radius 1 is 1.00 bits per heavy atom. The monoisotopic (exact) mass is 453 g/mol. The highest BCUT2D eigenvalue weighted by molar-refractivity contribution is 7.94. The van der Waals surface area contributed by atoms with Crippen LogP contribution in [0.5, 0.6) is 0 Å². The van der Waals surface area contributed by atoms with E-state index in [1.54, 1.807) is 52.8 Å². The van der Waals surface area contributed by atoms with Gasteiger partial charge in [-0.05, 0) is 46.8 Å². The van der Waals surface area contributed by atoms with Crippen LogP contribution in [0.2, 0.25) is 0 Å². The van der Waals surface area contributed by atoms with Crippen LogP contribution in [0.25, 0.3) is 0 Å². The zero-order valence-electron chi connectivity index (χ0n) is 16.3. The van der Waals surface area contributed by atoms with Gasteiger partial charge in [-0.3, -0.25) is 9.52 Å². The van der Waals surface area contributed by atoms with Gasteiger partial charge in [0, 0.05) is 11.4 Å². The van der Waals surface area contributed by atoms with Gasteiger partial charge in [0.2, 0.25) is 5.91 Å². The summed E-state index contributed by atoms with van der Waals surface area (Å²) in [5, 5.41) is 8.67. The number of carbonyl (C=O) groups excluding carboxylic acids is 1. The van der Waals surface area contributed by atoms with Gasteiger partial charge in [-0.2, -0.15) is 5.10 Å². The van der Waals surface area contributed by atoms with E-state index in [-0.39, 0.29) is 16.5 Å². The van der Waals surface area contributed by atoms with E-state index in [0.29, 0.717) is 17.9 Å². The molecule has 1 amide bonds. The molecule has 158 valence electrons. The molecule has 4 aromatic rings. The Kier molecular flexibility index (Phi) is 6.10. The number of anilines is 2. The molecule has 2 aromatic carbocycles. The van der Waals surface area contributed by atoms with Crippen molar-refractivity contribution >= 4 is 38.6 Å². The highest BCUT2D eigenvalue weighted by Crippen LogP contribution is 2.20. The molecule has 0 bridgehead atoms. The summed E-state index contributed by atoms with van der Waals surface area (Å²) in [7, 11) is -3.59. The number of hydrogen-bond donors (Lipinski definition) is 2. The Balaban J connectivity index is 1.35. The summed E-state index contributed by atoms with van der Waals surface area (Å²) >= 11 is 1.15. The lowest BCUT2D eigenvalue weighted by molar-refractivity contribution is -0.115. The van der Waals surface area contributed by atoms with Gasteiger partial charge in [0.25, 0.3) is 10.0 Å². The second-order valence-electron chi connectivity index (χ2n) is 6.75. The van der Waals surface area contributed by atoms with Gasteiger partial charge >= 0.3 is 0 Å². The predicted octanol–water partition coefficient (Wildman–Crippen LogP) is 3.37. The lowest BCUT2D eigenvalue weighted by Gasteiger charge is -2.09. The molecule has 0 saturated heterocycles. The summed E-state index contributed by atoms with van der Waals surface area (Å²) in [4.78, 5) is 16.3. The first-order valence-electron chi connectivity index (χ1n) is 9.34. The summed E-state index contributed by atoms with van der Waals surface area (Å²) in [5.41, 5.74) is 2.90. The van der Waals surface area contributed by atoms with Crippen molar-refractivity contribution in [3.63, 3.8) is 0 Å². The molecule has 0 saturated carbocycles. The highest BCUT2D eigenvalue weighted by Gasteiger charge is 2.15. The SMILES string of the molecule is O=C(Cc1ccc(NS(=O)(=O)c2cccs2)cc1)Nc1cccc(Cn2cncn2)c1. The van der Waals surface area contributed by atoms with Crippen molar-refractivity contribution in [2.45, 2.75) is 17.2 Å². The van der Waals surface area contributed by atoms with Crippen molar-refractivity contribution in [3.05, 3.63) is 89.8 Å². The largest absolute Gasteiger partial charge is 0.326 e. The van der Waals surface area contributed by atoms with Gasteiger partial charge in [0.15, 0.2) is 0 Å². The number of amides is 1. The molecule has 0 unspecified atom stereocenters. The molecule has 2 aromatic heterocycles. The van der Waals surface area contributed by atoms with Gasteiger partial charge in [-0.1, -0.05) is 30.3 Å². The molecule has 0 fully saturated rings. The normalized spacial score (nSPS) is 11.2. The number of nitrogens with zero attached hydrogens (tertiary/aromatic N) is 3. The second kappa shape index (κ2) is 9.11. The van der Waals surface area contributed by atoms with Crippen LogP contribution in [-0.4, -0.2) is 29.1 Å². The van der Waals surface area contributed by atoms with E-state index in [1.165, 1.54) is 6.33 Å². The van der Waals surface area contributed by atoms with Gasteiger partial charge in [-0.25, -0.2) is 18.1 Å². The molecular weight excluding hydrogens is 434 g/mol. The van der Waals surface area contributed by atoms with Gasteiger partial charge in [-0.15, -0.1) is 11.3 Å². The fraction of sp³-hybridized carbons (Fsp3) is 0.0952. The van der Waals surface area contributed by atoms with E-state index in [1.807, 2.05) is 24.3 Å². The van der Waals surface area contributed by atoms with Crippen LogP contribution in [0, 0.1) is 0 Å². The maximum Gasteiger partial charge on any atom is 0.271 e. The quantitative estimate of drug-likeness (QED) is 0.425. The molecule has 10 heteroatoms. The van der Waals surface area contributed by atoms with E-state index >= 15 is 0 Å². The Morgan fingerprint density at radius 3 is 2.55 bits per heavy atom. The number of thiophene rings is 1. The lowest BCUT2D eigenvalue weighted by atomic mass is 10.1. The molecule has 0 radical (unpaired) electrons. The standard InChI is InChI=1S/C21H19N5O3S2/c27-20(24-19-4-1-3-17(11-19)13-26-15-22-14-23-26)12-16-6-8-18(9-7-16)25-31(28,29)21-5-2-10-30-21/h1-11,14-15,25H,12-13H2,(H,24,27). The number of benzene rings is 2. The minimum absolute atomic E-state index is 0.162. The van der Waals surface area contributed by atoms with E-state index in [2.05, 4.69) is 20.1 Å². The summed E-state index contributed by atoms with van der Waals surface area (Å²) in [6.07, 6.45) is 3.28. The zero-order valence-corrected chi connectivity index (χ0v) is 17.9. The first-order chi connectivity index (χ1) is 15.0. The van der Waals surface area contributed by atoms with Crippen LogP contribution in [-0.2, 0) is 27.8 Å². The van der Waals surface area contributed by atoms with Crippen LogP contribution in [0.15, 0.2) is 82.9 Å². The average Bonchev–Trinajstić information content (AvgIpc) is 3.44. The summed E-state index contributed by atoms with van der Waals surface area (Å²) in [6.45, 7) is 0.562. The average molecular weight is 454 g/mol. The van der Waals surface area contributed by atoms with Gasteiger partial charge in [0.05, 0.1) is 13.0 Å². The third-order valence-corrected chi connectivity index (χ3v) is 7.13. The van der Waals surface area contributed by atoms with Crippen molar-refractivity contribution in [2.24, 2.45) is 0 Å². The maximum absolute atomic E-state index is 12.4. The molecule has 8 nitrogen and oxygen atoms in total. The topological polar surface area (TPSA) is 106 Å². The van der Waals surface area contributed by atoms with Crippen molar-refractivity contribution in [3.8, 4) is 0 Å². The Labute approximate surface area is 183 Å².